The molecule has 0 atom stereocenters. The predicted molar refractivity (Wildman–Crippen MR) is 61.2 cm³/mol. The van der Waals surface area contributed by atoms with Crippen LogP contribution < -0.4 is 0 Å². The molecule has 5 nitrogen and oxygen atoms in total. The molecular weight excluding hydrogens is 222 g/mol. The number of rotatable bonds is 4. The standard InChI is InChI=1S/C12H13NO4/c1-16-11(14)5-3-4-9-8-13-7-6-10(9)12(15)17-2/h3-4,6-8H,5H2,1-2H3/b4-3+. The molecule has 0 radical (unpaired) electrons. The van der Waals surface area contributed by atoms with Crippen molar-refractivity contribution in [2.75, 3.05) is 14.2 Å². The summed E-state index contributed by atoms with van der Waals surface area (Å²) in [6.45, 7) is 0. The third-order valence-corrected chi connectivity index (χ3v) is 2.07. The van der Waals surface area contributed by atoms with E-state index in [2.05, 4.69) is 14.5 Å². The minimum absolute atomic E-state index is 0.145. The Labute approximate surface area is 99.1 Å². The van der Waals surface area contributed by atoms with Crippen molar-refractivity contribution in [2.45, 2.75) is 6.42 Å². The van der Waals surface area contributed by atoms with Gasteiger partial charge in [0.25, 0.3) is 0 Å². The smallest absolute Gasteiger partial charge is 0.338 e. The van der Waals surface area contributed by atoms with E-state index in [0.29, 0.717) is 11.1 Å². The lowest BCUT2D eigenvalue weighted by Crippen LogP contribution is -2.04. The number of aromatic nitrogens is 1. The van der Waals surface area contributed by atoms with E-state index in [0.717, 1.165) is 0 Å². The number of ether oxygens (including phenoxy) is 2. The van der Waals surface area contributed by atoms with E-state index < -0.39 is 5.97 Å². The van der Waals surface area contributed by atoms with Crippen molar-refractivity contribution in [2.24, 2.45) is 0 Å². The highest BCUT2D eigenvalue weighted by Crippen LogP contribution is 2.10. The fourth-order valence-corrected chi connectivity index (χ4v) is 1.20. The van der Waals surface area contributed by atoms with Gasteiger partial charge >= 0.3 is 11.9 Å². The SMILES string of the molecule is COC(=O)C/C=C/c1cnccc1C(=O)OC. The molecule has 0 amide bonds. The van der Waals surface area contributed by atoms with Gasteiger partial charge < -0.3 is 9.47 Å². The van der Waals surface area contributed by atoms with Gasteiger partial charge in [-0.05, 0) is 6.07 Å². The Morgan fingerprint density at radius 1 is 1.35 bits per heavy atom. The van der Waals surface area contributed by atoms with Gasteiger partial charge in [-0.2, -0.15) is 0 Å². The number of carbonyl (C=O) groups excluding carboxylic acids is 2. The first-order valence-corrected chi connectivity index (χ1v) is 4.94. The highest BCUT2D eigenvalue weighted by molar-refractivity contribution is 5.93. The maximum atomic E-state index is 11.4. The van der Waals surface area contributed by atoms with Gasteiger partial charge in [0.05, 0.1) is 26.2 Å². The molecule has 1 heterocycles. The molecule has 0 aliphatic carbocycles. The number of hydrogen-bond donors (Lipinski definition) is 0. The Hall–Kier alpha value is -2.17. The van der Waals surface area contributed by atoms with E-state index in [4.69, 9.17) is 0 Å². The molecule has 0 spiro atoms. The summed E-state index contributed by atoms with van der Waals surface area (Å²) in [7, 11) is 2.63. The number of methoxy groups -OCH3 is 2. The molecule has 0 unspecified atom stereocenters. The molecule has 0 saturated heterocycles. The van der Waals surface area contributed by atoms with Gasteiger partial charge in [-0.1, -0.05) is 12.2 Å². The van der Waals surface area contributed by atoms with Crippen LogP contribution in [0.25, 0.3) is 6.08 Å². The van der Waals surface area contributed by atoms with Crippen LogP contribution in [0.2, 0.25) is 0 Å². The lowest BCUT2D eigenvalue weighted by molar-refractivity contribution is -0.139. The predicted octanol–water partition coefficient (Wildman–Crippen LogP) is 1.44. The Bertz CT molecular complexity index is 440. The molecule has 1 rings (SSSR count). The zero-order chi connectivity index (χ0) is 12.7. The van der Waals surface area contributed by atoms with Gasteiger partial charge in [0, 0.05) is 18.0 Å². The van der Waals surface area contributed by atoms with Crippen LogP contribution in [0.1, 0.15) is 22.3 Å². The molecule has 0 N–H and O–H groups in total. The average Bonchev–Trinajstić information content (AvgIpc) is 2.38. The summed E-state index contributed by atoms with van der Waals surface area (Å²) in [5.41, 5.74) is 1.01. The highest BCUT2D eigenvalue weighted by Gasteiger charge is 2.09. The summed E-state index contributed by atoms with van der Waals surface area (Å²) in [4.78, 5) is 26.2. The Morgan fingerprint density at radius 2 is 2.12 bits per heavy atom. The minimum Gasteiger partial charge on any atom is -0.469 e. The maximum Gasteiger partial charge on any atom is 0.338 e. The van der Waals surface area contributed by atoms with Crippen LogP contribution in [-0.4, -0.2) is 31.1 Å². The van der Waals surface area contributed by atoms with E-state index in [1.165, 1.54) is 26.6 Å². The van der Waals surface area contributed by atoms with Gasteiger partial charge in [-0.3, -0.25) is 9.78 Å². The second-order valence-corrected chi connectivity index (χ2v) is 3.14. The zero-order valence-electron chi connectivity index (χ0n) is 9.67. The second-order valence-electron chi connectivity index (χ2n) is 3.14. The number of carbonyl (C=O) groups is 2. The minimum atomic E-state index is -0.440. The van der Waals surface area contributed by atoms with Crippen LogP contribution in [0.5, 0.6) is 0 Å². The number of nitrogens with zero attached hydrogens (tertiary/aromatic N) is 1. The van der Waals surface area contributed by atoms with Crippen molar-refractivity contribution in [1.82, 2.24) is 4.98 Å². The van der Waals surface area contributed by atoms with Gasteiger partial charge in [0.2, 0.25) is 0 Å². The number of hydrogen-bond acceptors (Lipinski definition) is 5. The fraction of sp³-hybridized carbons (Fsp3) is 0.250. The first-order chi connectivity index (χ1) is 8.19. The van der Waals surface area contributed by atoms with Crippen LogP contribution in [0.3, 0.4) is 0 Å². The molecule has 0 bridgehead atoms. The van der Waals surface area contributed by atoms with Gasteiger partial charge in [-0.25, -0.2) is 4.79 Å². The molecule has 0 aromatic carbocycles. The van der Waals surface area contributed by atoms with E-state index in [1.54, 1.807) is 18.2 Å². The molecule has 0 fully saturated rings. The molecule has 17 heavy (non-hydrogen) atoms. The zero-order valence-corrected chi connectivity index (χ0v) is 9.67. The Kier molecular flexibility index (Phi) is 4.87. The summed E-state index contributed by atoms with van der Waals surface area (Å²) in [5.74, 6) is -0.783. The van der Waals surface area contributed by atoms with Crippen LogP contribution in [0, 0.1) is 0 Å². The molecule has 5 heteroatoms. The molecule has 0 saturated carbocycles. The van der Waals surface area contributed by atoms with Crippen LogP contribution in [0.15, 0.2) is 24.5 Å². The van der Waals surface area contributed by atoms with Crippen molar-refractivity contribution < 1.29 is 19.1 Å². The number of pyridine rings is 1. The lowest BCUT2D eigenvalue weighted by Gasteiger charge is -2.02. The van der Waals surface area contributed by atoms with Crippen molar-refractivity contribution in [3.05, 3.63) is 35.7 Å². The summed E-state index contributed by atoms with van der Waals surface area (Å²) in [6.07, 6.45) is 6.42. The van der Waals surface area contributed by atoms with Crippen molar-refractivity contribution >= 4 is 18.0 Å². The largest absolute Gasteiger partial charge is 0.469 e. The molecule has 90 valence electrons. The third-order valence-electron chi connectivity index (χ3n) is 2.07. The topological polar surface area (TPSA) is 65.5 Å². The maximum absolute atomic E-state index is 11.4. The van der Waals surface area contributed by atoms with Crippen molar-refractivity contribution in [3.8, 4) is 0 Å². The van der Waals surface area contributed by atoms with Gasteiger partial charge in [0.15, 0.2) is 0 Å². The summed E-state index contributed by atoms with van der Waals surface area (Å²) >= 11 is 0. The van der Waals surface area contributed by atoms with Crippen LogP contribution >= 0.6 is 0 Å². The normalized spacial score (nSPS) is 10.2. The van der Waals surface area contributed by atoms with Crippen molar-refractivity contribution in [1.29, 1.82) is 0 Å². The number of esters is 2. The van der Waals surface area contributed by atoms with E-state index in [9.17, 15) is 9.59 Å². The summed E-state index contributed by atoms with van der Waals surface area (Å²) in [6, 6.07) is 1.56. The van der Waals surface area contributed by atoms with E-state index in [1.807, 2.05) is 0 Å². The molecule has 0 aliphatic heterocycles. The Morgan fingerprint density at radius 3 is 2.76 bits per heavy atom. The summed E-state index contributed by atoms with van der Waals surface area (Å²) < 4.78 is 9.12. The fourth-order valence-electron chi connectivity index (χ4n) is 1.20. The first-order valence-electron chi connectivity index (χ1n) is 4.94. The molecular formula is C12H13NO4. The van der Waals surface area contributed by atoms with Gasteiger partial charge in [-0.15, -0.1) is 0 Å². The monoisotopic (exact) mass is 235 g/mol. The van der Waals surface area contributed by atoms with E-state index >= 15 is 0 Å². The molecule has 1 aromatic rings. The second kappa shape index (κ2) is 6.42. The van der Waals surface area contributed by atoms with Crippen LogP contribution in [-0.2, 0) is 14.3 Å². The molecule has 1 aromatic heterocycles. The third kappa shape index (κ3) is 3.71. The lowest BCUT2D eigenvalue weighted by atomic mass is 10.1. The van der Waals surface area contributed by atoms with Gasteiger partial charge in [0.1, 0.15) is 0 Å². The first kappa shape index (κ1) is 12.9. The summed E-state index contributed by atoms with van der Waals surface area (Å²) in [5, 5.41) is 0. The quantitative estimate of drug-likeness (QED) is 0.739. The van der Waals surface area contributed by atoms with E-state index in [-0.39, 0.29) is 12.4 Å². The Balaban J connectivity index is 2.83. The highest BCUT2D eigenvalue weighted by atomic mass is 16.5. The molecule has 0 aliphatic rings. The van der Waals surface area contributed by atoms with Crippen LogP contribution in [0.4, 0.5) is 0 Å². The average molecular weight is 235 g/mol. The van der Waals surface area contributed by atoms with Crippen molar-refractivity contribution in [3.63, 3.8) is 0 Å².